The molecule has 19 heavy (non-hydrogen) atoms. The van der Waals surface area contributed by atoms with Crippen molar-refractivity contribution in [3.05, 3.63) is 12.4 Å². The topological polar surface area (TPSA) is 53.1 Å². The van der Waals surface area contributed by atoms with Crippen molar-refractivity contribution >= 4 is 11.6 Å². The van der Waals surface area contributed by atoms with Gasteiger partial charge in [-0.3, -0.25) is 0 Å². The zero-order chi connectivity index (χ0) is 13.1. The summed E-state index contributed by atoms with van der Waals surface area (Å²) >= 11 is 0. The average Bonchev–Trinajstić information content (AvgIpc) is 2.43. The zero-order valence-corrected chi connectivity index (χ0v) is 11.6. The van der Waals surface area contributed by atoms with Crippen molar-refractivity contribution in [1.82, 2.24) is 15.3 Å². The van der Waals surface area contributed by atoms with Crippen LogP contribution in [0, 0.1) is 0 Å². The van der Waals surface area contributed by atoms with E-state index in [0.717, 1.165) is 24.7 Å². The first kappa shape index (κ1) is 12.7. The third kappa shape index (κ3) is 2.97. The number of hydrogen-bond acceptors (Lipinski definition) is 5. The highest BCUT2D eigenvalue weighted by molar-refractivity contribution is 5.49. The molecule has 1 aliphatic carbocycles. The molecule has 2 aliphatic rings. The maximum absolute atomic E-state index is 4.42. The van der Waals surface area contributed by atoms with Gasteiger partial charge in [0.15, 0.2) is 0 Å². The van der Waals surface area contributed by atoms with Crippen molar-refractivity contribution in [3.63, 3.8) is 0 Å². The van der Waals surface area contributed by atoms with Crippen molar-refractivity contribution in [2.75, 3.05) is 30.4 Å². The van der Waals surface area contributed by atoms with Crippen molar-refractivity contribution in [2.24, 2.45) is 0 Å². The van der Waals surface area contributed by atoms with E-state index >= 15 is 0 Å². The number of piperidine rings is 1. The lowest BCUT2D eigenvalue weighted by molar-refractivity contribution is 0.440. The van der Waals surface area contributed by atoms with E-state index < -0.39 is 0 Å². The third-order valence-electron chi connectivity index (χ3n) is 4.33. The molecular weight excluding hydrogens is 238 g/mol. The first-order valence-corrected chi connectivity index (χ1v) is 7.35. The molecule has 0 aromatic carbocycles. The first-order valence-electron chi connectivity index (χ1n) is 7.35. The monoisotopic (exact) mass is 261 g/mol. The molecule has 0 atom stereocenters. The van der Waals surface area contributed by atoms with Gasteiger partial charge in [0.05, 0.1) is 0 Å². The van der Waals surface area contributed by atoms with E-state index in [-0.39, 0.29) is 0 Å². The molecule has 0 amide bonds. The van der Waals surface area contributed by atoms with Gasteiger partial charge in [-0.25, -0.2) is 9.97 Å². The van der Waals surface area contributed by atoms with E-state index in [1.165, 1.54) is 32.1 Å². The average molecular weight is 261 g/mol. The van der Waals surface area contributed by atoms with Crippen LogP contribution in [0.3, 0.4) is 0 Å². The highest BCUT2D eigenvalue weighted by atomic mass is 15.2. The fraction of sp³-hybridized carbons (Fsp3) is 0.714. The maximum Gasteiger partial charge on any atom is 0.134 e. The van der Waals surface area contributed by atoms with Crippen molar-refractivity contribution in [2.45, 2.75) is 44.2 Å². The van der Waals surface area contributed by atoms with E-state index in [0.29, 0.717) is 12.1 Å². The maximum atomic E-state index is 4.42. The molecule has 2 heterocycles. The van der Waals surface area contributed by atoms with Gasteiger partial charge < -0.3 is 15.5 Å². The number of nitrogens with zero attached hydrogens (tertiary/aromatic N) is 3. The van der Waals surface area contributed by atoms with Gasteiger partial charge in [0.25, 0.3) is 0 Å². The summed E-state index contributed by atoms with van der Waals surface area (Å²) in [6, 6.07) is 3.29. The Morgan fingerprint density at radius 1 is 1.21 bits per heavy atom. The molecule has 1 aliphatic heterocycles. The summed E-state index contributed by atoms with van der Waals surface area (Å²) in [4.78, 5) is 11.0. The Morgan fingerprint density at radius 2 is 2.00 bits per heavy atom. The second-order valence-corrected chi connectivity index (χ2v) is 5.63. The highest BCUT2D eigenvalue weighted by Crippen LogP contribution is 2.24. The lowest BCUT2D eigenvalue weighted by atomic mass is 9.93. The predicted molar refractivity (Wildman–Crippen MR) is 77.6 cm³/mol. The Balaban J connectivity index is 1.66. The lowest BCUT2D eigenvalue weighted by Crippen LogP contribution is -2.41. The van der Waals surface area contributed by atoms with E-state index in [1.807, 2.05) is 0 Å². The van der Waals surface area contributed by atoms with Crippen LogP contribution in [0.4, 0.5) is 11.6 Å². The Morgan fingerprint density at radius 3 is 2.68 bits per heavy atom. The minimum absolute atomic E-state index is 0.590. The summed E-state index contributed by atoms with van der Waals surface area (Å²) in [7, 11) is 2.14. The third-order valence-corrected chi connectivity index (χ3v) is 4.33. The van der Waals surface area contributed by atoms with Gasteiger partial charge in [0.1, 0.15) is 18.0 Å². The van der Waals surface area contributed by atoms with Gasteiger partial charge in [0.2, 0.25) is 0 Å². The van der Waals surface area contributed by atoms with Gasteiger partial charge in [-0.15, -0.1) is 0 Å². The SMILES string of the molecule is CN(c1cc(NC2CCC2)ncn1)C1CCNCC1. The molecule has 1 aromatic heterocycles. The summed E-state index contributed by atoms with van der Waals surface area (Å²) < 4.78 is 0. The Labute approximate surface area is 114 Å². The summed E-state index contributed by atoms with van der Waals surface area (Å²) in [6.45, 7) is 2.21. The normalized spacial score (nSPS) is 20.9. The van der Waals surface area contributed by atoms with E-state index in [4.69, 9.17) is 0 Å². The standard InChI is InChI=1S/C14H23N5/c1-19(12-5-7-15-8-6-12)14-9-13(16-10-17-14)18-11-3-2-4-11/h9-12,15H,2-8H2,1H3,(H,16,17,18). The summed E-state index contributed by atoms with van der Waals surface area (Å²) in [5.41, 5.74) is 0. The molecule has 5 heteroatoms. The second kappa shape index (κ2) is 5.74. The molecule has 1 aromatic rings. The van der Waals surface area contributed by atoms with Crippen molar-refractivity contribution < 1.29 is 0 Å². The number of anilines is 2. The largest absolute Gasteiger partial charge is 0.367 e. The molecule has 0 bridgehead atoms. The van der Waals surface area contributed by atoms with E-state index in [9.17, 15) is 0 Å². The highest BCUT2D eigenvalue weighted by Gasteiger charge is 2.20. The molecule has 1 saturated carbocycles. The molecule has 0 unspecified atom stereocenters. The van der Waals surface area contributed by atoms with Crippen molar-refractivity contribution in [3.8, 4) is 0 Å². The fourth-order valence-electron chi connectivity index (χ4n) is 2.76. The van der Waals surface area contributed by atoms with Gasteiger partial charge >= 0.3 is 0 Å². The molecule has 3 rings (SSSR count). The van der Waals surface area contributed by atoms with Gasteiger partial charge in [0, 0.05) is 25.2 Å². The van der Waals surface area contributed by atoms with E-state index in [2.05, 4.69) is 38.6 Å². The number of aromatic nitrogens is 2. The smallest absolute Gasteiger partial charge is 0.134 e. The van der Waals surface area contributed by atoms with Crippen molar-refractivity contribution in [1.29, 1.82) is 0 Å². The van der Waals surface area contributed by atoms with Gasteiger partial charge in [-0.2, -0.15) is 0 Å². The molecule has 2 N–H and O–H groups in total. The molecule has 1 saturated heterocycles. The van der Waals surface area contributed by atoms with Crippen LogP contribution in [0.1, 0.15) is 32.1 Å². The molecule has 2 fully saturated rings. The molecule has 0 spiro atoms. The summed E-state index contributed by atoms with van der Waals surface area (Å²) in [6.07, 6.45) is 7.92. The predicted octanol–water partition coefficient (Wildman–Crippen LogP) is 1.63. The summed E-state index contributed by atoms with van der Waals surface area (Å²) in [5.74, 6) is 2.00. The van der Waals surface area contributed by atoms with Crippen LogP contribution in [0.15, 0.2) is 12.4 Å². The summed E-state index contributed by atoms with van der Waals surface area (Å²) in [5, 5.41) is 6.89. The fourth-order valence-corrected chi connectivity index (χ4v) is 2.76. The van der Waals surface area contributed by atoms with Crippen LogP contribution in [-0.2, 0) is 0 Å². The van der Waals surface area contributed by atoms with Crippen LogP contribution < -0.4 is 15.5 Å². The first-order chi connectivity index (χ1) is 9.33. The molecular formula is C14H23N5. The minimum atomic E-state index is 0.590. The second-order valence-electron chi connectivity index (χ2n) is 5.63. The van der Waals surface area contributed by atoms with Crippen LogP contribution in [0.5, 0.6) is 0 Å². The van der Waals surface area contributed by atoms with Crippen LogP contribution in [0.25, 0.3) is 0 Å². The van der Waals surface area contributed by atoms with Crippen LogP contribution in [0.2, 0.25) is 0 Å². The van der Waals surface area contributed by atoms with E-state index in [1.54, 1.807) is 6.33 Å². The number of nitrogens with one attached hydrogen (secondary N) is 2. The zero-order valence-electron chi connectivity index (χ0n) is 11.6. The quantitative estimate of drug-likeness (QED) is 0.863. The molecule has 5 nitrogen and oxygen atoms in total. The van der Waals surface area contributed by atoms with Gasteiger partial charge in [-0.05, 0) is 45.2 Å². The van der Waals surface area contributed by atoms with Crippen LogP contribution >= 0.6 is 0 Å². The lowest BCUT2D eigenvalue weighted by Gasteiger charge is -2.33. The number of hydrogen-bond donors (Lipinski definition) is 2. The Hall–Kier alpha value is -1.36. The van der Waals surface area contributed by atoms with Crippen LogP contribution in [-0.4, -0.2) is 42.2 Å². The molecule has 104 valence electrons. The molecule has 0 radical (unpaired) electrons. The Kier molecular flexibility index (Phi) is 3.82. The minimum Gasteiger partial charge on any atom is -0.367 e. The number of rotatable bonds is 4. The van der Waals surface area contributed by atoms with Gasteiger partial charge in [-0.1, -0.05) is 0 Å². The Bertz CT molecular complexity index is 412.